The zero-order chi connectivity index (χ0) is 12.6. The highest BCUT2D eigenvalue weighted by Gasteiger charge is 2.02. The second kappa shape index (κ2) is 6.58. The normalized spacial score (nSPS) is 9.83. The molecule has 0 radical (unpaired) electrons. The Bertz CT molecular complexity index is 534. The van der Waals surface area contributed by atoms with Crippen molar-refractivity contribution in [1.82, 2.24) is 15.0 Å². The summed E-state index contributed by atoms with van der Waals surface area (Å²) in [6, 6.07) is 9.87. The van der Waals surface area contributed by atoms with E-state index in [1.807, 2.05) is 30.3 Å². The van der Waals surface area contributed by atoms with Crippen LogP contribution in [0.2, 0.25) is 0 Å². The Labute approximate surface area is 107 Å². The molecule has 4 heteroatoms. The molecule has 92 valence electrons. The van der Waals surface area contributed by atoms with Crippen LogP contribution < -0.4 is 5.73 Å². The van der Waals surface area contributed by atoms with Crippen molar-refractivity contribution < 1.29 is 0 Å². The molecule has 0 spiro atoms. The van der Waals surface area contributed by atoms with Gasteiger partial charge in [0.1, 0.15) is 5.69 Å². The van der Waals surface area contributed by atoms with Gasteiger partial charge in [0.05, 0.1) is 11.9 Å². The molecular weight excluding hydrogens is 224 g/mol. The Hall–Kier alpha value is -2.12. The molecule has 2 N–H and O–H groups in total. The second-order valence-corrected chi connectivity index (χ2v) is 3.91. The van der Waals surface area contributed by atoms with Crippen molar-refractivity contribution in [2.75, 3.05) is 6.54 Å². The molecule has 2 aromatic rings. The maximum Gasteiger partial charge on any atom is 0.137 e. The Balaban J connectivity index is 2.09. The molecule has 4 nitrogen and oxygen atoms in total. The van der Waals surface area contributed by atoms with E-state index in [0.29, 0.717) is 0 Å². The Morgan fingerprint density at radius 1 is 1.17 bits per heavy atom. The van der Waals surface area contributed by atoms with Crippen LogP contribution >= 0.6 is 0 Å². The standard InChI is InChI=1S/C14H16N4/c15-11-7-2-1-4-10-14-12-16-17-18(14)13-8-5-3-6-9-13/h3,5-6,8-9,12H,1-2,7,11,15H2. The van der Waals surface area contributed by atoms with Crippen LogP contribution in [0.15, 0.2) is 36.5 Å². The van der Waals surface area contributed by atoms with Crippen molar-refractivity contribution in [3.8, 4) is 17.5 Å². The number of hydrogen-bond donors (Lipinski definition) is 1. The number of rotatable bonds is 4. The summed E-state index contributed by atoms with van der Waals surface area (Å²) in [4.78, 5) is 0. The van der Waals surface area contributed by atoms with Gasteiger partial charge >= 0.3 is 0 Å². The summed E-state index contributed by atoms with van der Waals surface area (Å²) in [6.07, 6.45) is 4.60. The third-order valence-electron chi connectivity index (χ3n) is 2.52. The van der Waals surface area contributed by atoms with Crippen LogP contribution in [0.5, 0.6) is 0 Å². The van der Waals surface area contributed by atoms with Gasteiger partial charge in [-0.05, 0) is 37.4 Å². The molecule has 0 unspecified atom stereocenters. The van der Waals surface area contributed by atoms with E-state index in [2.05, 4.69) is 22.2 Å². The SMILES string of the molecule is NCCCCC#Cc1cnnn1-c1ccccc1. The summed E-state index contributed by atoms with van der Waals surface area (Å²) >= 11 is 0. The topological polar surface area (TPSA) is 56.7 Å². The number of nitrogens with zero attached hydrogens (tertiary/aromatic N) is 3. The lowest BCUT2D eigenvalue weighted by Gasteiger charge is -2.00. The predicted molar refractivity (Wildman–Crippen MR) is 71.1 cm³/mol. The monoisotopic (exact) mass is 240 g/mol. The minimum absolute atomic E-state index is 0.727. The van der Waals surface area contributed by atoms with E-state index in [1.165, 1.54) is 0 Å². The predicted octanol–water partition coefficient (Wildman–Crippen LogP) is 1.75. The lowest BCUT2D eigenvalue weighted by molar-refractivity contribution is 0.767. The van der Waals surface area contributed by atoms with Crippen LogP contribution in [-0.4, -0.2) is 21.5 Å². The number of unbranched alkanes of at least 4 members (excludes halogenated alkanes) is 2. The van der Waals surface area contributed by atoms with Crippen molar-refractivity contribution in [3.05, 3.63) is 42.2 Å². The molecule has 0 aliphatic heterocycles. The molecule has 0 saturated carbocycles. The first-order valence-corrected chi connectivity index (χ1v) is 6.07. The summed E-state index contributed by atoms with van der Waals surface area (Å²) in [5.74, 6) is 6.22. The quantitative estimate of drug-likeness (QED) is 0.654. The highest BCUT2D eigenvalue weighted by molar-refractivity contribution is 5.36. The molecule has 1 heterocycles. The van der Waals surface area contributed by atoms with Gasteiger partial charge in [-0.1, -0.05) is 29.3 Å². The van der Waals surface area contributed by atoms with Gasteiger partial charge in [0.2, 0.25) is 0 Å². The van der Waals surface area contributed by atoms with Crippen molar-refractivity contribution in [2.24, 2.45) is 5.73 Å². The van der Waals surface area contributed by atoms with Gasteiger partial charge in [-0.3, -0.25) is 0 Å². The van der Waals surface area contributed by atoms with E-state index in [1.54, 1.807) is 10.9 Å². The summed E-state index contributed by atoms with van der Waals surface area (Å²) in [6.45, 7) is 0.727. The zero-order valence-electron chi connectivity index (χ0n) is 10.2. The van der Waals surface area contributed by atoms with Crippen molar-refractivity contribution in [3.63, 3.8) is 0 Å². The third kappa shape index (κ3) is 3.19. The maximum atomic E-state index is 5.43. The van der Waals surface area contributed by atoms with Crippen molar-refractivity contribution >= 4 is 0 Å². The van der Waals surface area contributed by atoms with E-state index in [9.17, 15) is 0 Å². The molecule has 0 aliphatic rings. The fourth-order valence-electron chi connectivity index (χ4n) is 1.59. The van der Waals surface area contributed by atoms with Crippen molar-refractivity contribution in [1.29, 1.82) is 0 Å². The van der Waals surface area contributed by atoms with Gasteiger partial charge in [0.15, 0.2) is 0 Å². The zero-order valence-corrected chi connectivity index (χ0v) is 10.2. The highest BCUT2D eigenvalue weighted by atomic mass is 15.4. The summed E-state index contributed by atoms with van der Waals surface area (Å²) in [5.41, 5.74) is 7.22. The molecule has 0 atom stereocenters. The summed E-state index contributed by atoms with van der Waals surface area (Å²) in [5, 5.41) is 7.95. The van der Waals surface area contributed by atoms with E-state index in [0.717, 1.165) is 37.2 Å². The Kier molecular flexibility index (Phi) is 4.51. The van der Waals surface area contributed by atoms with Gasteiger partial charge in [-0.25, -0.2) is 4.68 Å². The molecule has 2 rings (SSSR count). The minimum atomic E-state index is 0.727. The molecule has 0 amide bonds. The fraction of sp³-hybridized carbons (Fsp3) is 0.286. The van der Waals surface area contributed by atoms with Crippen LogP contribution in [0.25, 0.3) is 5.69 Å². The lowest BCUT2D eigenvalue weighted by atomic mass is 10.2. The van der Waals surface area contributed by atoms with Gasteiger partial charge in [0, 0.05) is 6.42 Å². The summed E-state index contributed by atoms with van der Waals surface area (Å²) < 4.78 is 1.75. The van der Waals surface area contributed by atoms with Crippen molar-refractivity contribution in [2.45, 2.75) is 19.3 Å². The third-order valence-corrected chi connectivity index (χ3v) is 2.52. The lowest BCUT2D eigenvalue weighted by Crippen LogP contribution is -1.99. The largest absolute Gasteiger partial charge is 0.330 e. The molecule has 0 fully saturated rings. The number of hydrogen-bond acceptors (Lipinski definition) is 3. The maximum absolute atomic E-state index is 5.43. The molecule has 0 saturated heterocycles. The molecule has 18 heavy (non-hydrogen) atoms. The minimum Gasteiger partial charge on any atom is -0.330 e. The van der Waals surface area contributed by atoms with Gasteiger partial charge < -0.3 is 5.73 Å². The molecular formula is C14H16N4. The van der Waals surface area contributed by atoms with E-state index in [-0.39, 0.29) is 0 Å². The van der Waals surface area contributed by atoms with E-state index in [4.69, 9.17) is 5.73 Å². The number of benzene rings is 1. The molecule has 0 bridgehead atoms. The average molecular weight is 240 g/mol. The van der Waals surface area contributed by atoms with Crippen LogP contribution in [0, 0.1) is 11.8 Å². The van der Waals surface area contributed by atoms with Crippen LogP contribution in [0.1, 0.15) is 25.0 Å². The van der Waals surface area contributed by atoms with Gasteiger partial charge in [-0.2, -0.15) is 0 Å². The van der Waals surface area contributed by atoms with Crippen LogP contribution in [-0.2, 0) is 0 Å². The van der Waals surface area contributed by atoms with Gasteiger partial charge in [-0.15, -0.1) is 5.10 Å². The number of para-hydroxylation sites is 1. The number of nitrogens with two attached hydrogens (primary N) is 1. The Morgan fingerprint density at radius 2 is 2.00 bits per heavy atom. The van der Waals surface area contributed by atoms with Crippen LogP contribution in [0.4, 0.5) is 0 Å². The molecule has 0 aliphatic carbocycles. The smallest absolute Gasteiger partial charge is 0.137 e. The first-order valence-electron chi connectivity index (χ1n) is 6.07. The van der Waals surface area contributed by atoms with Crippen LogP contribution in [0.3, 0.4) is 0 Å². The Morgan fingerprint density at radius 3 is 2.78 bits per heavy atom. The fourth-order valence-corrected chi connectivity index (χ4v) is 1.59. The first-order chi connectivity index (χ1) is 8.92. The second-order valence-electron chi connectivity index (χ2n) is 3.91. The van der Waals surface area contributed by atoms with E-state index >= 15 is 0 Å². The average Bonchev–Trinajstić information content (AvgIpc) is 2.88. The molecule has 1 aromatic carbocycles. The first kappa shape index (κ1) is 12.3. The molecule has 1 aromatic heterocycles. The van der Waals surface area contributed by atoms with E-state index < -0.39 is 0 Å². The highest BCUT2D eigenvalue weighted by Crippen LogP contribution is 2.07. The van der Waals surface area contributed by atoms with Gasteiger partial charge in [0.25, 0.3) is 0 Å². The number of aromatic nitrogens is 3. The summed E-state index contributed by atoms with van der Waals surface area (Å²) in [7, 11) is 0.